The van der Waals surface area contributed by atoms with E-state index in [0.717, 1.165) is 24.8 Å². The van der Waals surface area contributed by atoms with Crippen molar-refractivity contribution in [2.75, 3.05) is 0 Å². The monoisotopic (exact) mass is 251 g/mol. The van der Waals surface area contributed by atoms with Gasteiger partial charge in [-0.2, -0.15) is 0 Å². The van der Waals surface area contributed by atoms with Crippen LogP contribution in [-0.4, -0.2) is 12.0 Å². The van der Waals surface area contributed by atoms with Crippen LogP contribution in [0.25, 0.3) is 0 Å². The maximum atomic E-state index is 11.9. The van der Waals surface area contributed by atoms with Crippen LogP contribution in [0.5, 0.6) is 0 Å². The zero-order valence-electron chi connectivity index (χ0n) is 9.36. The minimum absolute atomic E-state index is 0.0467. The second kappa shape index (κ2) is 4.31. The van der Waals surface area contributed by atoms with Crippen LogP contribution in [-0.2, 0) is 9.53 Å². The molecule has 1 amide bonds. The Kier molecular flexibility index (Phi) is 2.81. The zero-order chi connectivity index (χ0) is 11.8. The van der Waals surface area contributed by atoms with E-state index in [1.54, 1.807) is 0 Å². The van der Waals surface area contributed by atoms with Crippen LogP contribution in [0, 0.1) is 5.92 Å². The number of ether oxygens (including phenoxy) is 1. The first-order valence-corrected chi connectivity index (χ1v) is 6.33. The summed E-state index contributed by atoms with van der Waals surface area (Å²) >= 11 is 5.94. The number of amides is 1. The molecule has 1 N–H and O–H groups in total. The Morgan fingerprint density at radius 2 is 2.24 bits per heavy atom. The molecule has 4 heteroatoms. The van der Waals surface area contributed by atoms with Crippen molar-refractivity contribution in [2.45, 2.75) is 31.6 Å². The lowest BCUT2D eigenvalue weighted by molar-refractivity contribution is -0.150. The molecule has 0 radical (unpaired) electrons. The molecule has 1 aliphatic heterocycles. The molecule has 90 valence electrons. The van der Waals surface area contributed by atoms with Gasteiger partial charge in [-0.25, -0.2) is 0 Å². The van der Waals surface area contributed by atoms with Crippen molar-refractivity contribution in [1.29, 1.82) is 0 Å². The highest BCUT2D eigenvalue weighted by Crippen LogP contribution is 2.36. The molecule has 1 aliphatic carbocycles. The van der Waals surface area contributed by atoms with Gasteiger partial charge >= 0.3 is 0 Å². The van der Waals surface area contributed by atoms with E-state index in [1.807, 2.05) is 24.3 Å². The van der Waals surface area contributed by atoms with E-state index >= 15 is 0 Å². The predicted molar refractivity (Wildman–Crippen MR) is 64.5 cm³/mol. The lowest BCUT2D eigenvalue weighted by Gasteiger charge is -2.33. The summed E-state index contributed by atoms with van der Waals surface area (Å²) in [6.45, 7) is 0. The van der Waals surface area contributed by atoms with Gasteiger partial charge in [-0.1, -0.05) is 23.7 Å². The summed E-state index contributed by atoms with van der Waals surface area (Å²) in [6.07, 6.45) is 2.73. The molecule has 1 aromatic carbocycles. The van der Waals surface area contributed by atoms with Gasteiger partial charge in [0.2, 0.25) is 5.91 Å². The van der Waals surface area contributed by atoms with Crippen LogP contribution in [0.15, 0.2) is 24.3 Å². The van der Waals surface area contributed by atoms with Gasteiger partial charge in [0.1, 0.15) is 0 Å². The Hall–Kier alpha value is -1.06. The quantitative estimate of drug-likeness (QED) is 0.833. The average molecular weight is 252 g/mol. The van der Waals surface area contributed by atoms with E-state index in [0.29, 0.717) is 5.02 Å². The highest BCUT2D eigenvalue weighted by molar-refractivity contribution is 6.30. The summed E-state index contributed by atoms with van der Waals surface area (Å²) in [5.41, 5.74) is 0.913. The Balaban J connectivity index is 1.83. The average Bonchev–Trinajstić information content (AvgIpc) is 2.77. The summed E-state index contributed by atoms with van der Waals surface area (Å²) < 4.78 is 5.93. The molecule has 1 heterocycles. The van der Waals surface area contributed by atoms with Crippen LogP contribution in [0.2, 0.25) is 5.02 Å². The van der Waals surface area contributed by atoms with Gasteiger partial charge < -0.3 is 10.1 Å². The number of hydrogen-bond acceptors (Lipinski definition) is 2. The van der Waals surface area contributed by atoms with E-state index in [9.17, 15) is 4.79 Å². The largest absolute Gasteiger partial charge is 0.350 e. The molecule has 1 saturated carbocycles. The molecule has 0 bridgehead atoms. The maximum absolute atomic E-state index is 11.9. The summed E-state index contributed by atoms with van der Waals surface area (Å²) in [6, 6.07) is 7.44. The van der Waals surface area contributed by atoms with E-state index in [4.69, 9.17) is 16.3 Å². The summed E-state index contributed by atoms with van der Waals surface area (Å²) in [7, 11) is 0. The van der Waals surface area contributed by atoms with Gasteiger partial charge in [-0.05, 0) is 31.4 Å². The minimum atomic E-state index is -0.347. The normalized spacial score (nSPS) is 32.1. The Bertz CT molecular complexity index is 449. The second-order valence-electron chi connectivity index (χ2n) is 4.66. The molecule has 0 aromatic heterocycles. The van der Waals surface area contributed by atoms with E-state index in [-0.39, 0.29) is 24.2 Å². The first-order chi connectivity index (χ1) is 8.24. The number of rotatable bonds is 1. The third kappa shape index (κ3) is 2.05. The molecule has 3 rings (SSSR count). The first kappa shape index (κ1) is 11.1. The molecule has 0 unspecified atom stereocenters. The van der Waals surface area contributed by atoms with Crippen molar-refractivity contribution in [1.82, 2.24) is 5.32 Å². The standard InChI is InChI=1S/C13H14ClNO2/c14-9-4-1-3-8(7-9)13-15-12(16)10-5-2-6-11(10)17-13/h1,3-4,7,10-11,13H,2,5-6H2,(H,15,16)/t10-,11+,13-/m1/s1. The Morgan fingerprint density at radius 1 is 1.35 bits per heavy atom. The highest BCUT2D eigenvalue weighted by Gasteiger charge is 2.40. The predicted octanol–water partition coefficient (Wildman–Crippen LogP) is 2.65. The third-order valence-electron chi connectivity index (χ3n) is 3.52. The molecule has 3 nitrogen and oxygen atoms in total. The number of fused-ring (bicyclic) bond motifs is 1. The fourth-order valence-corrected chi connectivity index (χ4v) is 2.86. The van der Waals surface area contributed by atoms with E-state index < -0.39 is 0 Å². The molecule has 1 saturated heterocycles. The fraction of sp³-hybridized carbons (Fsp3) is 0.462. The number of halogens is 1. The molecular formula is C13H14ClNO2. The van der Waals surface area contributed by atoms with E-state index in [1.165, 1.54) is 0 Å². The van der Waals surface area contributed by atoms with Crippen molar-refractivity contribution in [3.63, 3.8) is 0 Å². The van der Waals surface area contributed by atoms with Gasteiger partial charge in [0, 0.05) is 10.6 Å². The van der Waals surface area contributed by atoms with Crippen LogP contribution in [0.3, 0.4) is 0 Å². The SMILES string of the molecule is O=C1N[C@@H](c2cccc(Cl)c2)O[C@H]2CCC[C@@H]12. The molecule has 0 spiro atoms. The topological polar surface area (TPSA) is 38.3 Å². The number of carbonyl (C=O) groups excluding carboxylic acids is 1. The van der Waals surface area contributed by atoms with Crippen molar-refractivity contribution in [3.8, 4) is 0 Å². The minimum Gasteiger partial charge on any atom is -0.350 e. The number of benzene rings is 1. The van der Waals surface area contributed by atoms with Gasteiger partial charge in [-0.3, -0.25) is 4.79 Å². The van der Waals surface area contributed by atoms with Crippen molar-refractivity contribution >= 4 is 17.5 Å². The molecule has 2 fully saturated rings. The van der Waals surface area contributed by atoms with Crippen LogP contribution in [0.1, 0.15) is 31.1 Å². The van der Waals surface area contributed by atoms with Crippen molar-refractivity contribution in [2.24, 2.45) is 5.92 Å². The lowest BCUT2D eigenvalue weighted by Crippen LogP contribution is -2.46. The second-order valence-corrected chi connectivity index (χ2v) is 5.09. The van der Waals surface area contributed by atoms with Gasteiger partial charge in [0.15, 0.2) is 6.23 Å². The summed E-state index contributed by atoms with van der Waals surface area (Å²) in [5.74, 6) is 0.161. The van der Waals surface area contributed by atoms with Crippen LogP contribution >= 0.6 is 11.6 Å². The van der Waals surface area contributed by atoms with Crippen LogP contribution in [0.4, 0.5) is 0 Å². The molecule has 2 aliphatic rings. The van der Waals surface area contributed by atoms with Crippen LogP contribution < -0.4 is 5.32 Å². The Morgan fingerprint density at radius 3 is 3.06 bits per heavy atom. The van der Waals surface area contributed by atoms with E-state index in [2.05, 4.69) is 5.32 Å². The summed E-state index contributed by atoms with van der Waals surface area (Å²) in [5, 5.41) is 3.57. The number of hydrogen-bond donors (Lipinski definition) is 1. The molecular weight excluding hydrogens is 238 g/mol. The molecule has 17 heavy (non-hydrogen) atoms. The molecule has 1 aromatic rings. The zero-order valence-corrected chi connectivity index (χ0v) is 10.1. The van der Waals surface area contributed by atoms with Crippen molar-refractivity contribution in [3.05, 3.63) is 34.9 Å². The lowest BCUT2D eigenvalue weighted by atomic mass is 10.0. The van der Waals surface area contributed by atoms with Gasteiger partial charge in [-0.15, -0.1) is 0 Å². The number of nitrogens with one attached hydrogen (secondary N) is 1. The third-order valence-corrected chi connectivity index (χ3v) is 3.76. The first-order valence-electron chi connectivity index (χ1n) is 5.95. The van der Waals surface area contributed by atoms with Gasteiger partial charge in [0.25, 0.3) is 0 Å². The highest BCUT2D eigenvalue weighted by atomic mass is 35.5. The fourth-order valence-electron chi connectivity index (χ4n) is 2.67. The van der Waals surface area contributed by atoms with Crippen molar-refractivity contribution < 1.29 is 9.53 Å². The van der Waals surface area contributed by atoms with Gasteiger partial charge in [0.05, 0.1) is 12.0 Å². The number of carbonyl (C=O) groups is 1. The Labute approximate surface area is 105 Å². The smallest absolute Gasteiger partial charge is 0.227 e. The summed E-state index contributed by atoms with van der Waals surface area (Å²) in [4.78, 5) is 11.9. The molecule has 3 atom stereocenters. The maximum Gasteiger partial charge on any atom is 0.227 e.